The molecule has 2 rings (SSSR count). The van der Waals surface area contributed by atoms with Gasteiger partial charge < -0.3 is 4.74 Å². The Kier molecular flexibility index (Phi) is 5.25. The highest BCUT2D eigenvalue weighted by Gasteiger charge is 2.34. The molecule has 1 aromatic carbocycles. The first-order valence-corrected chi connectivity index (χ1v) is 8.49. The average molecular weight is 343 g/mol. The Morgan fingerprint density at radius 1 is 1.35 bits per heavy atom. The Morgan fingerprint density at radius 3 is 2.65 bits per heavy atom. The molecule has 0 aliphatic heterocycles. The van der Waals surface area contributed by atoms with Crippen molar-refractivity contribution >= 4 is 15.9 Å². The van der Waals surface area contributed by atoms with Crippen LogP contribution >= 0.6 is 15.9 Å². The van der Waals surface area contributed by atoms with Crippen LogP contribution in [0.2, 0.25) is 0 Å². The van der Waals surface area contributed by atoms with Gasteiger partial charge >= 0.3 is 0 Å². The van der Waals surface area contributed by atoms with Gasteiger partial charge in [-0.2, -0.15) is 0 Å². The van der Waals surface area contributed by atoms with E-state index >= 15 is 0 Å². The molecule has 112 valence electrons. The van der Waals surface area contributed by atoms with Gasteiger partial charge in [0.05, 0.1) is 12.2 Å². The van der Waals surface area contributed by atoms with Gasteiger partial charge in [-0.1, -0.05) is 54.9 Å². The van der Waals surface area contributed by atoms with Crippen molar-refractivity contribution in [2.45, 2.75) is 52.2 Å². The van der Waals surface area contributed by atoms with Crippen molar-refractivity contribution in [3.63, 3.8) is 0 Å². The van der Waals surface area contributed by atoms with E-state index in [0.29, 0.717) is 22.2 Å². The normalized spacial score (nSPS) is 27.2. The summed E-state index contributed by atoms with van der Waals surface area (Å²) in [5.41, 5.74) is 0.967. The van der Waals surface area contributed by atoms with E-state index in [9.17, 15) is 4.39 Å². The number of benzene rings is 1. The lowest BCUT2D eigenvalue weighted by Gasteiger charge is -2.40. The summed E-state index contributed by atoms with van der Waals surface area (Å²) in [4.78, 5) is 0. The third kappa shape index (κ3) is 4.05. The van der Waals surface area contributed by atoms with Crippen molar-refractivity contribution in [1.82, 2.24) is 0 Å². The van der Waals surface area contributed by atoms with E-state index in [1.807, 2.05) is 12.1 Å². The molecule has 0 amide bonds. The lowest BCUT2D eigenvalue weighted by Crippen LogP contribution is -2.33. The fraction of sp³-hybridized carbons (Fsp3) is 0.647. The van der Waals surface area contributed by atoms with Crippen molar-refractivity contribution in [2.75, 3.05) is 5.33 Å². The molecule has 1 nitrogen and oxygen atoms in total. The van der Waals surface area contributed by atoms with Gasteiger partial charge in [-0.15, -0.1) is 0 Å². The highest BCUT2D eigenvalue weighted by molar-refractivity contribution is 9.09. The number of halogens is 2. The van der Waals surface area contributed by atoms with Gasteiger partial charge in [0, 0.05) is 10.9 Å². The molecule has 1 saturated carbocycles. The number of hydrogen-bond acceptors (Lipinski definition) is 1. The molecule has 3 atom stereocenters. The van der Waals surface area contributed by atoms with Gasteiger partial charge in [-0.3, -0.25) is 0 Å². The minimum absolute atomic E-state index is 0.180. The number of rotatable bonds is 4. The molecule has 1 aromatic rings. The highest BCUT2D eigenvalue weighted by Crippen LogP contribution is 2.41. The first-order chi connectivity index (χ1) is 9.41. The van der Waals surface area contributed by atoms with Crippen LogP contribution < -0.4 is 0 Å². The molecular formula is C17H24BrFO. The van der Waals surface area contributed by atoms with E-state index in [4.69, 9.17) is 4.74 Å². The van der Waals surface area contributed by atoms with Crippen LogP contribution in [0.1, 0.15) is 51.7 Å². The van der Waals surface area contributed by atoms with Crippen LogP contribution in [0.3, 0.4) is 0 Å². The Hall–Kier alpha value is -0.410. The molecule has 1 aliphatic rings. The predicted octanol–water partition coefficient (Wildman–Crippen LogP) is 5.49. The Labute approximate surface area is 130 Å². The van der Waals surface area contributed by atoms with E-state index in [-0.39, 0.29) is 18.0 Å². The first kappa shape index (κ1) is 16.0. The van der Waals surface area contributed by atoms with Gasteiger partial charge in [-0.25, -0.2) is 4.39 Å². The van der Waals surface area contributed by atoms with Crippen LogP contribution in [0.4, 0.5) is 4.39 Å². The van der Waals surface area contributed by atoms with Crippen LogP contribution in [0.5, 0.6) is 0 Å². The van der Waals surface area contributed by atoms with E-state index < -0.39 is 0 Å². The van der Waals surface area contributed by atoms with Crippen LogP contribution in [0, 0.1) is 17.2 Å². The van der Waals surface area contributed by atoms with E-state index in [1.54, 1.807) is 6.07 Å². The summed E-state index contributed by atoms with van der Waals surface area (Å²) in [6.07, 6.45) is 3.38. The lowest BCUT2D eigenvalue weighted by atomic mass is 9.71. The molecule has 0 aromatic heterocycles. The summed E-state index contributed by atoms with van der Waals surface area (Å²) >= 11 is 3.47. The van der Waals surface area contributed by atoms with E-state index in [1.165, 1.54) is 12.5 Å². The van der Waals surface area contributed by atoms with Crippen LogP contribution in [0.15, 0.2) is 24.3 Å². The Bertz CT molecular complexity index is 446. The molecule has 0 heterocycles. The molecule has 0 bridgehead atoms. The zero-order valence-electron chi connectivity index (χ0n) is 12.5. The topological polar surface area (TPSA) is 9.23 Å². The second kappa shape index (κ2) is 6.57. The van der Waals surface area contributed by atoms with Gasteiger partial charge in [0.2, 0.25) is 0 Å². The summed E-state index contributed by atoms with van der Waals surface area (Å²) in [5, 5.41) is 0.624. The molecule has 3 unspecified atom stereocenters. The Balaban J connectivity index is 2.09. The molecule has 1 fully saturated rings. The standard InChI is InChI=1S/C17H24BrFO/c1-12-8-13(10-17(2,3)9-12)20-16(11-18)14-6-4-5-7-15(14)19/h4-7,12-13,16H,8-11H2,1-3H3. The fourth-order valence-electron chi connectivity index (χ4n) is 3.52. The van der Waals surface area contributed by atoms with Crippen LogP contribution in [0.25, 0.3) is 0 Å². The maximum Gasteiger partial charge on any atom is 0.129 e. The SMILES string of the molecule is CC1CC(OC(CBr)c2ccccc2F)CC(C)(C)C1. The minimum atomic E-state index is -0.206. The fourth-order valence-corrected chi connectivity index (χ4v) is 4.02. The molecule has 20 heavy (non-hydrogen) atoms. The summed E-state index contributed by atoms with van der Waals surface area (Å²) in [6.45, 7) is 6.88. The smallest absolute Gasteiger partial charge is 0.129 e. The molecule has 0 saturated heterocycles. The van der Waals surface area contributed by atoms with Gasteiger partial charge in [0.25, 0.3) is 0 Å². The van der Waals surface area contributed by atoms with Crippen molar-refractivity contribution in [3.8, 4) is 0 Å². The van der Waals surface area contributed by atoms with Crippen molar-refractivity contribution in [2.24, 2.45) is 11.3 Å². The number of hydrogen-bond donors (Lipinski definition) is 0. The summed E-state index contributed by atoms with van der Waals surface area (Å²) in [5.74, 6) is 0.486. The van der Waals surface area contributed by atoms with E-state index in [2.05, 4.69) is 36.7 Å². The van der Waals surface area contributed by atoms with Gasteiger partial charge in [0.1, 0.15) is 5.82 Å². The molecule has 0 radical (unpaired) electrons. The average Bonchev–Trinajstić information content (AvgIpc) is 2.34. The summed E-state index contributed by atoms with van der Waals surface area (Å²) < 4.78 is 20.1. The summed E-state index contributed by atoms with van der Waals surface area (Å²) in [6, 6.07) is 6.90. The molecule has 0 spiro atoms. The third-order valence-electron chi connectivity index (χ3n) is 4.10. The largest absolute Gasteiger partial charge is 0.369 e. The number of ether oxygens (including phenoxy) is 1. The monoisotopic (exact) mass is 342 g/mol. The van der Waals surface area contributed by atoms with Crippen LogP contribution in [-0.2, 0) is 4.74 Å². The second-order valence-electron chi connectivity index (χ2n) is 6.84. The first-order valence-electron chi connectivity index (χ1n) is 7.37. The van der Waals surface area contributed by atoms with Crippen LogP contribution in [-0.4, -0.2) is 11.4 Å². The zero-order chi connectivity index (χ0) is 14.8. The lowest BCUT2D eigenvalue weighted by molar-refractivity contribution is -0.0589. The molecule has 1 aliphatic carbocycles. The zero-order valence-corrected chi connectivity index (χ0v) is 14.1. The number of alkyl halides is 1. The van der Waals surface area contributed by atoms with Crippen molar-refractivity contribution in [1.29, 1.82) is 0 Å². The van der Waals surface area contributed by atoms with E-state index in [0.717, 1.165) is 12.8 Å². The third-order valence-corrected chi connectivity index (χ3v) is 4.68. The second-order valence-corrected chi connectivity index (χ2v) is 7.48. The summed E-state index contributed by atoms with van der Waals surface area (Å²) in [7, 11) is 0. The predicted molar refractivity (Wildman–Crippen MR) is 84.6 cm³/mol. The molecule has 3 heteroatoms. The van der Waals surface area contributed by atoms with Crippen molar-refractivity contribution < 1.29 is 9.13 Å². The van der Waals surface area contributed by atoms with Crippen molar-refractivity contribution in [3.05, 3.63) is 35.6 Å². The maximum atomic E-state index is 13.9. The highest BCUT2D eigenvalue weighted by atomic mass is 79.9. The maximum absolute atomic E-state index is 13.9. The molecular weight excluding hydrogens is 319 g/mol. The minimum Gasteiger partial charge on any atom is -0.369 e. The Morgan fingerprint density at radius 2 is 2.05 bits per heavy atom. The quantitative estimate of drug-likeness (QED) is 0.657. The van der Waals surface area contributed by atoms with Gasteiger partial charge in [0.15, 0.2) is 0 Å². The molecule has 0 N–H and O–H groups in total. The van der Waals surface area contributed by atoms with Gasteiger partial charge in [-0.05, 0) is 36.7 Å².